The summed E-state index contributed by atoms with van der Waals surface area (Å²) < 4.78 is 11.2. The zero-order valence-corrected chi connectivity index (χ0v) is 15.6. The monoisotopic (exact) mass is 390 g/mol. The van der Waals surface area contributed by atoms with Gasteiger partial charge in [-0.15, -0.1) is 0 Å². The van der Waals surface area contributed by atoms with Gasteiger partial charge in [0.25, 0.3) is 0 Å². The topological polar surface area (TPSA) is 109 Å². The fourth-order valence-corrected chi connectivity index (χ4v) is 3.21. The van der Waals surface area contributed by atoms with Crippen molar-refractivity contribution in [3.63, 3.8) is 0 Å². The van der Waals surface area contributed by atoms with Gasteiger partial charge >= 0.3 is 5.63 Å². The third kappa shape index (κ3) is 3.27. The smallest absolute Gasteiger partial charge is 0.336 e. The summed E-state index contributed by atoms with van der Waals surface area (Å²) in [6, 6.07) is 12.3. The Bertz CT molecular complexity index is 1230. The van der Waals surface area contributed by atoms with Crippen molar-refractivity contribution in [1.82, 2.24) is 0 Å². The Kier molecular flexibility index (Phi) is 4.23. The Balaban J connectivity index is 1.84. The summed E-state index contributed by atoms with van der Waals surface area (Å²) in [5.41, 5.74) is -0.0780. The zero-order chi connectivity index (χ0) is 20.8. The van der Waals surface area contributed by atoms with Gasteiger partial charge in [-0.2, -0.15) is 0 Å². The first-order valence-corrected chi connectivity index (χ1v) is 8.85. The minimum Gasteiger partial charge on any atom is -0.545 e. The number of rotatable bonds is 3. The Morgan fingerprint density at radius 1 is 1.03 bits per heavy atom. The maximum atomic E-state index is 13.1. The molecule has 0 saturated heterocycles. The van der Waals surface area contributed by atoms with E-state index in [-0.39, 0.29) is 16.9 Å². The van der Waals surface area contributed by atoms with Crippen LogP contribution in [0.4, 0.5) is 5.69 Å². The van der Waals surface area contributed by atoms with Crippen molar-refractivity contribution in [1.29, 1.82) is 0 Å². The Morgan fingerprint density at radius 2 is 1.72 bits per heavy atom. The van der Waals surface area contributed by atoms with Crippen molar-refractivity contribution in [2.75, 3.05) is 5.32 Å². The van der Waals surface area contributed by atoms with Crippen LogP contribution in [0.25, 0.3) is 16.5 Å². The first kappa shape index (κ1) is 18.5. The van der Waals surface area contributed by atoms with Gasteiger partial charge in [-0.05, 0) is 49.7 Å². The van der Waals surface area contributed by atoms with E-state index in [0.717, 1.165) is 0 Å². The van der Waals surface area contributed by atoms with Crippen LogP contribution in [0.15, 0.2) is 63.9 Å². The molecular formula is C22H16NO6-. The molecule has 1 aromatic heterocycles. The van der Waals surface area contributed by atoms with E-state index in [1.165, 1.54) is 24.4 Å². The fraction of sp³-hybridized carbons (Fsp3) is 0.136. The number of benzene rings is 2. The van der Waals surface area contributed by atoms with Crippen LogP contribution in [-0.4, -0.2) is 17.4 Å². The number of carbonyl (C=O) groups is 2. The SMILES string of the molecule is CC1(C)Oc2ccc3ccc(=O)oc3c2/C(=C/Nc2ccc(C(=O)[O-])cc2)C1=O. The third-order valence-electron chi connectivity index (χ3n) is 4.68. The lowest BCUT2D eigenvalue weighted by Gasteiger charge is -2.32. The molecular weight excluding hydrogens is 374 g/mol. The number of aromatic carboxylic acids is 1. The van der Waals surface area contributed by atoms with Crippen LogP contribution in [0.2, 0.25) is 0 Å². The molecule has 1 aliphatic rings. The first-order chi connectivity index (χ1) is 13.8. The van der Waals surface area contributed by atoms with E-state index in [1.807, 2.05) is 0 Å². The molecule has 0 fully saturated rings. The number of anilines is 1. The van der Waals surface area contributed by atoms with Crippen molar-refractivity contribution in [2.45, 2.75) is 19.4 Å². The van der Waals surface area contributed by atoms with E-state index in [9.17, 15) is 19.5 Å². The number of carbonyl (C=O) groups excluding carboxylic acids is 2. The van der Waals surface area contributed by atoms with Gasteiger partial charge in [0, 0.05) is 23.3 Å². The van der Waals surface area contributed by atoms with E-state index >= 15 is 0 Å². The second kappa shape index (κ2) is 6.63. The first-order valence-electron chi connectivity index (χ1n) is 8.85. The molecule has 0 bridgehead atoms. The van der Waals surface area contributed by atoms with Gasteiger partial charge in [0.1, 0.15) is 11.3 Å². The second-order valence-electron chi connectivity index (χ2n) is 7.12. The molecule has 0 unspecified atom stereocenters. The number of ether oxygens (including phenoxy) is 1. The second-order valence-corrected chi connectivity index (χ2v) is 7.12. The molecule has 4 rings (SSSR count). The van der Waals surface area contributed by atoms with Crippen LogP contribution in [0, 0.1) is 0 Å². The number of ketones is 1. The van der Waals surface area contributed by atoms with Gasteiger partial charge in [-0.3, -0.25) is 4.79 Å². The van der Waals surface area contributed by atoms with Crippen LogP contribution < -0.4 is 20.8 Å². The number of fused-ring (bicyclic) bond motifs is 3. The van der Waals surface area contributed by atoms with Crippen molar-refractivity contribution in [3.05, 3.63) is 76.3 Å². The molecule has 2 aromatic carbocycles. The fourth-order valence-electron chi connectivity index (χ4n) is 3.21. The summed E-state index contributed by atoms with van der Waals surface area (Å²) in [5.74, 6) is -1.13. The van der Waals surface area contributed by atoms with Gasteiger partial charge in [0.05, 0.1) is 17.1 Å². The molecule has 29 heavy (non-hydrogen) atoms. The average Bonchev–Trinajstić information content (AvgIpc) is 2.68. The number of nitrogens with one attached hydrogen (secondary N) is 1. The number of carboxylic acid groups (broad SMARTS) is 1. The standard InChI is InChI=1S/C22H17NO6/c1-22(2)20(25)15(11-23-14-7-3-13(4-8-14)21(26)27)18-16(29-22)9-5-12-6-10-17(24)28-19(12)18/h3-11,23H,1-2H3,(H,26,27)/p-1/b15-11-. The molecule has 0 radical (unpaired) electrons. The van der Waals surface area contributed by atoms with Gasteiger partial charge < -0.3 is 24.4 Å². The highest BCUT2D eigenvalue weighted by Gasteiger charge is 2.40. The van der Waals surface area contributed by atoms with Crippen molar-refractivity contribution in [2.24, 2.45) is 0 Å². The van der Waals surface area contributed by atoms with Crippen LogP contribution in [-0.2, 0) is 4.79 Å². The Morgan fingerprint density at radius 3 is 2.41 bits per heavy atom. The van der Waals surface area contributed by atoms with Crippen molar-refractivity contribution in [3.8, 4) is 5.75 Å². The highest BCUT2D eigenvalue weighted by Crippen LogP contribution is 2.41. The molecule has 7 heteroatoms. The van der Waals surface area contributed by atoms with Crippen LogP contribution in [0.1, 0.15) is 29.8 Å². The van der Waals surface area contributed by atoms with E-state index in [2.05, 4.69) is 5.32 Å². The quantitative estimate of drug-likeness (QED) is 0.540. The molecule has 0 saturated carbocycles. The minimum absolute atomic E-state index is 0.0459. The van der Waals surface area contributed by atoms with E-state index in [1.54, 1.807) is 44.2 Å². The van der Waals surface area contributed by atoms with Crippen LogP contribution in [0.5, 0.6) is 5.75 Å². The van der Waals surface area contributed by atoms with Gasteiger partial charge in [-0.1, -0.05) is 12.1 Å². The molecule has 0 amide bonds. The number of hydrogen-bond acceptors (Lipinski definition) is 7. The molecule has 0 aliphatic carbocycles. The normalized spacial score (nSPS) is 16.3. The number of hydrogen-bond donors (Lipinski definition) is 1. The Labute approximate surface area is 165 Å². The molecule has 0 atom stereocenters. The van der Waals surface area contributed by atoms with Crippen LogP contribution in [0.3, 0.4) is 0 Å². The van der Waals surface area contributed by atoms with E-state index in [4.69, 9.17) is 9.15 Å². The lowest BCUT2D eigenvalue weighted by atomic mass is 9.87. The molecule has 2 heterocycles. The van der Waals surface area contributed by atoms with Gasteiger partial charge in [0.15, 0.2) is 5.60 Å². The maximum Gasteiger partial charge on any atom is 0.336 e. The van der Waals surface area contributed by atoms with Gasteiger partial charge in [0.2, 0.25) is 5.78 Å². The summed E-state index contributed by atoms with van der Waals surface area (Å²) in [7, 11) is 0. The Hall–Kier alpha value is -3.87. The molecule has 7 nitrogen and oxygen atoms in total. The molecule has 1 aliphatic heterocycles. The molecule has 146 valence electrons. The van der Waals surface area contributed by atoms with E-state index < -0.39 is 17.2 Å². The summed E-state index contributed by atoms with van der Waals surface area (Å²) in [5, 5.41) is 14.5. The van der Waals surface area contributed by atoms with Crippen molar-refractivity contribution < 1.29 is 23.8 Å². The summed E-state index contributed by atoms with van der Waals surface area (Å²) in [4.78, 5) is 35.7. The lowest BCUT2D eigenvalue weighted by molar-refractivity contribution is -0.255. The largest absolute Gasteiger partial charge is 0.545 e. The number of Topliss-reactive ketones (excluding diaryl/α,β-unsaturated/α-hetero) is 1. The predicted molar refractivity (Wildman–Crippen MR) is 105 cm³/mol. The molecule has 0 spiro atoms. The maximum absolute atomic E-state index is 13.1. The zero-order valence-electron chi connectivity index (χ0n) is 15.6. The molecule has 3 aromatic rings. The summed E-state index contributed by atoms with van der Waals surface area (Å²) >= 11 is 0. The number of carboxylic acids is 1. The van der Waals surface area contributed by atoms with Gasteiger partial charge in [-0.25, -0.2) is 4.79 Å². The van der Waals surface area contributed by atoms with Crippen LogP contribution >= 0.6 is 0 Å². The van der Waals surface area contributed by atoms with Crippen molar-refractivity contribution >= 4 is 34.0 Å². The minimum atomic E-state index is -1.27. The summed E-state index contributed by atoms with van der Waals surface area (Å²) in [6.45, 7) is 3.32. The third-order valence-corrected chi connectivity index (χ3v) is 4.68. The highest BCUT2D eigenvalue weighted by atomic mass is 16.5. The highest BCUT2D eigenvalue weighted by molar-refractivity contribution is 6.28. The predicted octanol–water partition coefficient (Wildman–Crippen LogP) is 2.35. The lowest BCUT2D eigenvalue weighted by Crippen LogP contribution is -2.42. The molecule has 1 N–H and O–H groups in total. The summed E-state index contributed by atoms with van der Waals surface area (Å²) in [6.07, 6.45) is 1.51. The average molecular weight is 390 g/mol. The van der Waals surface area contributed by atoms with E-state index in [0.29, 0.717) is 28.0 Å².